The maximum absolute atomic E-state index is 14.4. The molecule has 3 saturated heterocycles. The van der Waals surface area contributed by atoms with Gasteiger partial charge in [-0.3, -0.25) is 18.9 Å². The fraction of sp³-hybridized carbons (Fsp3) is 0.486. The van der Waals surface area contributed by atoms with Gasteiger partial charge in [0.1, 0.15) is 12.1 Å². The van der Waals surface area contributed by atoms with Gasteiger partial charge < -0.3 is 24.9 Å². The molecule has 13 heteroatoms. The van der Waals surface area contributed by atoms with E-state index in [4.69, 9.17) is 0 Å². The fourth-order valence-corrected chi connectivity index (χ4v) is 9.31. The van der Waals surface area contributed by atoms with Gasteiger partial charge in [-0.2, -0.15) is 5.26 Å². The van der Waals surface area contributed by atoms with Crippen LogP contribution in [0.25, 0.3) is 10.1 Å². The lowest BCUT2D eigenvalue weighted by molar-refractivity contribution is -0.147. The van der Waals surface area contributed by atoms with Crippen LogP contribution in [0.15, 0.2) is 54.6 Å². The first-order valence-electron chi connectivity index (χ1n) is 16.6. The SMILES string of the molecule is CCC[C@@H]1CC[C@H](NC(=O)c2cc3cc(C(F)P(=O)(O)O)ccc3s2)C(=O)N2[C@H](CC[C@H]2C(=O)N2C[C@H](c3ccccc3)[C@@H](C#N)C2)C1. The minimum absolute atomic E-state index is 0.105. The monoisotopic (exact) mass is 694 g/mol. The highest BCUT2D eigenvalue weighted by atomic mass is 32.1. The smallest absolute Gasteiger partial charge is 0.340 e. The number of halogens is 1. The van der Waals surface area contributed by atoms with E-state index in [1.54, 1.807) is 9.80 Å². The predicted molar refractivity (Wildman–Crippen MR) is 180 cm³/mol. The average molecular weight is 695 g/mol. The standard InChI is InChI=1S/C35H40FN4O6PS/c1-2-6-21-9-12-28(38-33(41)31-17-24-16-23(10-14-30(24)48-31)32(36)47(44,45)46)34(42)40-26(15-21)11-13-29(40)35(43)39-19-25(18-37)27(20-39)22-7-4-3-5-8-22/h3-5,7-8,10,14,16-17,21,25-29,32H,2,6,9,11-13,15,19-20H2,1H3,(H,38,41)(H2,44,45,46)/t21-,25+,26-,27-,28+,29+,32?/m1/s1. The van der Waals surface area contributed by atoms with Gasteiger partial charge in [0, 0.05) is 29.7 Å². The molecule has 2 aromatic carbocycles. The number of nitriles is 1. The summed E-state index contributed by atoms with van der Waals surface area (Å²) in [6.07, 6.45) is 5.19. The van der Waals surface area contributed by atoms with Crippen molar-refractivity contribution >= 4 is 46.7 Å². The molecule has 3 fully saturated rings. The average Bonchev–Trinajstić information content (AvgIpc) is 3.81. The number of hydrogen-bond donors (Lipinski definition) is 3. The van der Waals surface area contributed by atoms with Crippen LogP contribution in [0.2, 0.25) is 0 Å². The lowest BCUT2D eigenvalue weighted by Gasteiger charge is -2.38. The summed E-state index contributed by atoms with van der Waals surface area (Å²) in [7, 11) is -4.99. The van der Waals surface area contributed by atoms with Gasteiger partial charge in [-0.15, -0.1) is 11.3 Å². The molecule has 3 amide bonds. The Bertz CT molecular complexity index is 1780. The quantitative estimate of drug-likeness (QED) is 0.250. The van der Waals surface area contributed by atoms with Gasteiger partial charge >= 0.3 is 7.60 Å². The molecule has 0 bridgehead atoms. The molecule has 1 aromatic heterocycles. The van der Waals surface area contributed by atoms with Gasteiger partial charge in [0.05, 0.1) is 16.9 Å². The van der Waals surface area contributed by atoms with Gasteiger partial charge in [0.25, 0.3) is 5.91 Å². The van der Waals surface area contributed by atoms with Crippen LogP contribution in [0.3, 0.4) is 0 Å². The number of rotatable bonds is 8. The van der Waals surface area contributed by atoms with Crippen LogP contribution < -0.4 is 5.32 Å². The molecule has 10 nitrogen and oxygen atoms in total. The topological polar surface area (TPSA) is 151 Å². The Balaban J connectivity index is 1.22. The Morgan fingerprint density at radius 2 is 1.88 bits per heavy atom. The van der Waals surface area contributed by atoms with Crippen molar-refractivity contribution in [1.82, 2.24) is 15.1 Å². The van der Waals surface area contributed by atoms with E-state index < -0.39 is 31.5 Å². The molecular weight excluding hydrogens is 654 g/mol. The van der Waals surface area contributed by atoms with E-state index >= 15 is 0 Å². The van der Waals surface area contributed by atoms with Crippen LogP contribution in [0.5, 0.6) is 0 Å². The second kappa shape index (κ2) is 14.1. The van der Waals surface area contributed by atoms with E-state index in [0.29, 0.717) is 48.4 Å². The molecule has 1 unspecified atom stereocenters. The molecule has 7 atom stereocenters. The van der Waals surface area contributed by atoms with E-state index in [1.807, 2.05) is 30.3 Å². The first-order valence-corrected chi connectivity index (χ1v) is 19.1. The van der Waals surface area contributed by atoms with Crippen LogP contribution in [-0.4, -0.2) is 68.5 Å². The molecule has 48 heavy (non-hydrogen) atoms. The van der Waals surface area contributed by atoms with E-state index in [0.717, 1.165) is 42.6 Å². The summed E-state index contributed by atoms with van der Waals surface area (Å²) in [5.41, 5.74) is 0.836. The van der Waals surface area contributed by atoms with E-state index in [-0.39, 0.29) is 40.1 Å². The molecule has 6 rings (SSSR count). The van der Waals surface area contributed by atoms with Gasteiger partial charge in [0.15, 0.2) is 0 Å². The summed E-state index contributed by atoms with van der Waals surface area (Å²) in [6, 6.07) is 16.2. The van der Waals surface area contributed by atoms with E-state index in [2.05, 4.69) is 18.3 Å². The third-order valence-corrected chi connectivity index (χ3v) is 12.2. The third-order valence-electron chi connectivity index (χ3n) is 10.2. The fourth-order valence-electron chi connectivity index (χ4n) is 7.81. The predicted octanol–water partition coefficient (Wildman–Crippen LogP) is 5.87. The zero-order valence-corrected chi connectivity index (χ0v) is 28.4. The summed E-state index contributed by atoms with van der Waals surface area (Å²) >= 11 is 1.14. The van der Waals surface area contributed by atoms with Crippen LogP contribution in [0, 0.1) is 23.2 Å². The van der Waals surface area contributed by atoms with E-state index in [9.17, 15) is 38.4 Å². The van der Waals surface area contributed by atoms with E-state index in [1.165, 1.54) is 24.3 Å². The second-order valence-corrected chi connectivity index (χ2v) is 16.0. The van der Waals surface area contributed by atoms with Crippen molar-refractivity contribution in [3.63, 3.8) is 0 Å². The number of hydrogen-bond acceptors (Lipinski definition) is 6. The maximum Gasteiger partial charge on any atom is 0.363 e. The molecule has 0 saturated carbocycles. The highest BCUT2D eigenvalue weighted by molar-refractivity contribution is 7.51. The minimum Gasteiger partial charge on any atom is -0.340 e. The van der Waals surface area contributed by atoms with Crippen molar-refractivity contribution in [2.75, 3.05) is 13.1 Å². The summed E-state index contributed by atoms with van der Waals surface area (Å²) in [6.45, 7) is 2.84. The number of alkyl halides is 1. The number of benzene rings is 2. The molecule has 0 aliphatic carbocycles. The number of nitrogens with one attached hydrogen (secondary N) is 1. The van der Waals surface area contributed by atoms with Gasteiger partial charge in [0.2, 0.25) is 17.7 Å². The van der Waals surface area contributed by atoms with Gasteiger partial charge in [-0.1, -0.05) is 56.2 Å². The molecule has 0 radical (unpaired) electrons. The van der Waals surface area contributed by atoms with Crippen molar-refractivity contribution < 1.29 is 33.1 Å². The number of amides is 3. The molecule has 3 N–H and O–H groups in total. The molecular formula is C35H40FN4O6PS. The summed E-state index contributed by atoms with van der Waals surface area (Å²) in [5.74, 6) is -3.48. The van der Waals surface area contributed by atoms with Crippen molar-refractivity contribution in [2.45, 2.75) is 81.8 Å². The summed E-state index contributed by atoms with van der Waals surface area (Å²) in [5, 5.41) is 13.3. The Morgan fingerprint density at radius 3 is 2.58 bits per heavy atom. The molecule has 4 heterocycles. The number of fused-ring (bicyclic) bond motifs is 2. The Morgan fingerprint density at radius 1 is 1.10 bits per heavy atom. The Labute approximate surface area is 283 Å². The number of likely N-dealkylation sites (tertiary alicyclic amines) is 1. The molecule has 3 aliphatic heterocycles. The van der Waals surface area contributed by atoms with Gasteiger partial charge in [-0.25, -0.2) is 4.39 Å². The van der Waals surface area contributed by atoms with Crippen molar-refractivity contribution in [2.24, 2.45) is 11.8 Å². The summed E-state index contributed by atoms with van der Waals surface area (Å²) in [4.78, 5) is 64.3. The number of carbonyl (C=O) groups excluding carboxylic acids is 3. The number of carbonyl (C=O) groups is 3. The largest absolute Gasteiger partial charge is 0.363 e. The lowest BCUT2D eigenvalue weighted by Crippen LogP contribution is -2.57. The molecule has 3 aliphatic rings. The Hall–Kier alpha value is -3.62. The molecule has 0 spiro atoms. The van der Waals surface area contributed by atoms with Crippen molar-refractivity contribution in [1.29, 1.82) is 5.26 Å². The minimum atomic E-state index is -4.99. The van der Waals surface area contributed by atoms with Crippen molar-refractivity contribution in [3.8, 4) is 6.07 Å². The second-order valence-electron chi connectivity index (χ2n) is 13.3. The Kier molecular flexibility index (Phi) is 10.0. The highest BCUT2D eigenvalue weighted by Gasteiger charge is 2.48. The summed E-state index contributed by atoms with van der Waals surface area (Å²) < 4.78 is 26.4. The number of thiophene rings is 1. The lowest BCUT2D eigenvalue weighted by atomic mass is 9.86. The maximum atomic E-state index is 14.4. The normalized spacial score (nSPS) is 26.9. The van der Waals surface area contributed by atoms with Crippen LogP contribution in [-0.2, 0) is 14.2 Å². The van der Waals surface area contributed by atoms with Crippen LogP contribution >= 0.6 is 18.9 Å². The first kappa shape index (κ1) is 34.3. The highest BCUT2D eigenvalue weighted by Crippen LogP contribution is 2.53. The van der Waals surface area contributed by atoms with Gasteiger partial charge in [-0.05, 0) is 72.7 Å². The first-order chi connectivity index (χ1) is 23.0. The molecule has 3 aromatic rings. The zero-order chi connectivity index (χ0) is 34.2. The molecule has 254 valence electrons. The third kappa shape index (κ3) is 6.92. The number of nitrogens with zero attached hydrogens (tertiary/aromatic N) is 3. The zero-order valence-electron chi connectivity index (χ0n) is 26.7. The van der Waals surface area contributed by atoms with Crippen LogP contribution in [0.4, 0.5) is 4.39 Å². The van der Waals surface area contributed by atoms with Crippen LogP contribution in [0.1, 0.15) is 84.5 Å². The van der Waals surface area contributed by atoms with Crippen molar-refractivity contribution in [3.05, 3.63) is 70.6 Å².